The minimum Gasteiger partial charge on any atom is -0.497 e. The molecule has 3 aromatic rings. The zero-order valence-corrected chi connectivity index (χ0v) is 11.7. The molecule has 21 heavy (non-hydrogen) atoms. The molecule has 0 atom stereocenters. The summed E-state index contributed by atoms with van der Waals surface area (Å²) < 4.78 is 7.12. The predicted octanol–water partition coefficient (Wildman–Crippen LogP) is 2.58. The molecule has 0 amide bonds. The fourth-order valence-corrected chi connectivity index (χ4v) is 2.18. The van der Waals surface area contributed by atoms with Gasteiger partial charge in [0.15, 0.2) is 0 Å². The van der Waals surface area contributed by atoms with Crippen molar-refractivity contribution < 1.29 is 4.74 Å². The van der Waals surface area contributed by atoms with Crippen molar-refractivity contribution in [1.29, 1.82) is 0 Å². The van der Waals surface area contributed by atoms with E-state index in [9.17, 15) is 0 Å². The normalized spacial score (nSPS) is 10.5. The lowest BCUT2D eigenvalue weighted by Gasteiger charge is -2.08. The van der Waals surface area contributed by atoms with Crippen molar-refractivity contribution in [2.45, 2.75) is 6.54 Å². The molecule has 0 aliphatic heterocycles. The fraction of sp³-hybridized carbons (Fsp3) is 0.125. The van der Waals surface area contributed by atoms with Gasteiger partial charge in [0.25, 0.3) is 0 Å². The summed E-state index contributed by atoms with van der Waals surface area (Å²) in [6.07, 6.45) is 1.76. The number of nitrogens with zero attached hydrogens (tertiary/aromatic N) is 3. The Morgan fingerprint density at radius 1 is 1.14 bits per heavy atom. The molecule has 5 nitrogen and oxygen atoms in total. The maximum Gasteiger partial charge on any atom is 0.119 e. The van der Waals surface area contributed by atoms with E-state index in [0.29, 0.717) is 6.54 Å². The second kappa shape index (κ2) is 5.66. The molecule has 3 rings (SSSR count). The number of rotatable bonds is 4. The molecule has 2 N–H and O–H groups in total. The van der Waals surface area contributed by atoms with Gasteiger partial charge in [0.1, 0.15) is 5.75 Å². The zero-order chi connectivity index (χ0) is 14.7. The van der Waals surface area contributed by atoms with Gasteiger partial charge >= 0.3 is 0 Å². The van der Waals surface area contributed by atoms with Crippen LogP contribution in [0.5, 0.6) is 5.75 Å². The van der Waals surface area contributed by atoms with Gasteiger partial charge < -0.3 is 10.5 Å². The van der Waals surface area contributed by atoms with E-state index < -0.39 is 0 Å². The van der Waals surface area contributed by atoms with Crippen molar-refractivity contribution in [3.05, 3.63) is 60.3 Å². The molecule has 106 valence electrons. The summed E-state index contributed by atoms with van der Waals surface area (Å²) in [6.45, 7) is 0.646. The van der Waals surface area contributed by atoms with Gasteiger partial charge in [-0.3, -0.25) is 0 Å². The SMILES string of the molecule is COc1cccc(-c2cnnn2Cc2ccc(N)cc2)c1. The molecule has 5 heteroatoms. The molecule has 0 aliphatic rings. The van der Waals surface area contributed by atoms with Gasteiger partial charge in [-0.15, -0.1) is 5.10 Å². The third-order valence-electron chi connectivity index (χ3n) is 3.30. The number of nitrogens with two attached hydrogens (primary N) is 1. The predicted molar refractivity (Wildman–Crippen MR) is 82.0 cm³/mol. The lowest BCUT2D eigenvalue weighted by atomic mass is 10.1. The maximum absolute atomic E-state index is 5.70. The van der Waals surface area contributed by atoms with E-state index in [-0.39, 0.29) is 0 Å². The highest BCUT2D eigenvalue weighted by atomic mass is 16.5. The number of methoxy groups -OCH3 is 1. The van der Waals surface area contributed by atoms with E-state index in [1.165, 1.54) is 0 Å². The Labute approximate surface area is 123 Å². The summed E-state index contributed by atoms with van der Waals surface area (Å²) in [6, 6.07) is 15.6. The first-order valence-corrected chi connectivity index (χ1v) is 6.63. The van der Waals surface area contributed by atoms with E-state index >= 15 is 0 Å². The van der Waals surface area contributed by atoms with Crippen LogP contribution in [0.2, 0.25) is 0 Å². The first-order valence-electron chi connectivity index (χ1n) is 6.63. The smallest absolute Gasteiger partial charge is 0.119 e. The van der Waals surface area contributed by atoms with Crippen LogP contribution in [-0.2, 0) is 6.54 Å². The first-order chi connectivity index (χ1) is 10.3. The van der Waals surface area contributed by atoms with Crippen LogP contribution in [0.25, 0.3) is 11.3 Å². The molecule has 0 spiro atoms. The summed E-state index contributed by atoms with van der Waals surface area (Å²) in [5.74, 6) is 0.813. The van der Waals surface area contributed by atoms with E-state index in [2.05, 4.69) is 10.3 Å². The number of nitrogen functional groups attached to an aromatic ring is 1. The Bertz CT molecular complexity index is 734. The van der Waals surface area contributed by atoms with Crippen LogP contribution in [-0.4, -0.2) is 22.1 Å². The van der Waals surface area contributed by atoms with Crippen LogP contribution in [0.3, 0.4) is 0 Å². The molecule has 1 heterocycles. The van der Waals surface area contributed by atoms with Crippen LogP contribution in [0.1, 0.15) is 5.56 Å². The quantitative estimate of drug-likeness (QED) is 0.746. The summed E-state index contributed by atoms with van der Waals surface area (Å²) in [4.78, 5) is 0. The molecule has 1 aromatic heterocycles. The standard InChI is InChI=1S/C16H16N4O/c1-21-15-4-2-3-13(9-15)16-10-18-19-20(16)11-12-5-7-14(17)8-6-12/h2-10H,11,17H2,1H3. The van der Waals surface area contributed by atoms with E-state index in [1.54, 1.807) is 13.3 Å². The second-order valence-electron chi connectivity index (χ2n) is 4.75. The lowest BCUT2D eigenvalue weighted by molar-refractivity contribution is 0.415. The molecule has 2 aromatic carbocycles. The van der Waals surface area contributed by atoms with Gasteiger partial charge in [-0.05, 0) is 29.8 Å². The summed E-state index contributed by atoms with van der Waals surface area (Å²) >= 11 is 0. The Hall–Kier alpha value is -2.82. The van der Waals surface area contributed by atoms with Crippen molar-refractivity contribution in [1.82, 2.24) is 15.0 Å². The largest absolute Gasteiger partial charge is 0.497 e. The van der Waals surface area contributed by atoms with E-state index in [1.807, 2.05) is 53.2 Å². The van der Waals surface area contributed by atoms with Gasteiger partial charge in [0, 0.05) is 11.3 Å². The number of hydrogen-bond acceptors (Lipinski definition) is 4. The maximum atomic E-state index is 5.70. The molecule has 0 bridgehead atoms. The van der Waals surface area contributed by atoms with Gasteiger partial charge in [0.05, 0.1) is 25.5 Å². The van der Waals surface area contributed by atoms with Gasteiger partial charge in [-0.1, -0.05) is 29.5 Å². The van der Waals surface area contributed by atoms with Gasteiger partial charge in [-0.2, -0.15) is 0 Å². The van der Waals surface area contributed by atoms with Crippen molar-refractivity contribution in [2.75, 3.05) is 12.8 Å². The Morgan fingerprint density at radius 3 is 2.71 bits per heavy atom. The lowest BCUT2D eigenvalue weighted by Crippen LogP contribution is -2.04. The van der Waals surface area contributed by atoms with Crippen molar-refractivity contribution in [2.24, 2.45) is 0 Å². The molecule has 0 radical (unpaired) electrons. The number of ether oxygens (including phenoxy) is 1. The fourth-order valence-electron chi connectivity index (χ4n) is 2.18. The third kappa shape index (κ3) is 2.86. The average molecular weight is 280 g/mol. The van der Waals surface area contributed by atoms with Gasteiger partial charge in [-0.25, -0.2) is 4.68 Å². The Balaban J connectivity index is 1.91. The minimum absolute atomic E-state index is 0.646. The Morgan fingerprint density at radius 2 is 1.95 bits per heavy atom. The molecule has 0 unspecified atom stereocenters. The molecular weight excluding hydrogens is 264 g/mol. The number of aromatic nitrogens is 3. The Kier molecular flexibility index (Phi) is 3.55. The molecule has 0 aliphatic carbocycles. The van der Waals surface area contributed by atoms with Crippen LogP contribution in [0.15, 0.2) is 54.7 Å². The number of benzene rings is 2. The summed E-state index contributed by atoms with van der Waals surface area (Å²) in [5.41, 5.74) is 9.56. The molecule has 0 saturated carbocycles. The number of hydrogen-bond donors (Lipinski definition) is 1. The molecule has 0 saturated heterocycles. The first kappa shape index (κ1) is 13.2. The second-order valence-corrected chi connectivity index (χ2v) is 4.75. The highest BCUT2D eigenvalue weighted by Gasteiger charge is 2.08. The zero-order valence-electron chi connectivity index (χ0n) is 11.7. The highest BCUT2D eigenvalue weighted by Crippen LogP contribution is 2.23. The summed E-state index contributed by atoms with van der Waals surface area (Å²) in [7, 11) is 1.66. The molecular formula is C16H16N4O. The minimum atomic E-state index is 0.646. The monoisotopic (exact) mass is 280 g/mol. The van der Waals surface area contributed by atoms with Crippen LogP contribution in [0.4, 0.5) is 5.69 Å². The van der Waals surface area contributed by atoms with Gasteiger partial charge in [0.2, 0.25) is 0 Å². The van der Waals surface area contributed by atoms with E-state index in [0.717, 1.165) is 28.3 Å². The van der Waals surface area contributed by atoms with Crippen molar-refractivity contribution in [3.8, 4) is 17.0 Å². The topological polar surface area (TPSA) is 66.0 Å². The molecule has 0 fully saturated rings. The highest BCUT2D eigenvalue weighted by molar-refractivity contribution is 5.60. The van der Waals surface area contributed by atoms with Crippen LogP contribution >= 0.6 is 0 Å². The average Bonchev–Trinajstić information content (AvgIpc) is 2.98. The van der Waals surface area contributed by atoms with Crippen LogP contribution < -0.4 is 10.5 Å². The van der Waals surface area contributed by atoms with Crippen molar-refractivity contribution in [3.63, 3.8) is 0 Å². The third-order valence-corrected chi connectivity index (χ3v) is 3.30. The number of anilines is 1. The van der Waals surface area contributed by atoms with Crippen LogP contribution in [0, 0.1) is 0 Å². The van der Waals surface area contributed by atoms with E-state index in [4.69, 9.17) is 10.5 Å². The summed E-state index contributed by atoms with van der Waals surface area (Å²) in [5, 5.41) is 8.18. The van der Waals surface area contributed by atoms with Crippen molar-refractivity contribution >= 4 is 5.69 Å².